The highest BCUT2D eigenvalue weighted by atomic mass is 16.3. The summed E-state index contributed by atoms with van der Waals surface area (Å²) in [6.07, 6.45) is 9.58. The van der Waals surface area contributed by atoms with Gasteiger partial charge in [-0.25, -0.2) is 0 Å². The lowest BCUT2D eigenvalue weighted by Gasteiger charge is -2.69. The number of hydrogen-bond donors (Lipinski definition) is 2. The van der Waals surface area contributed by atoms with Crippen molar-refractivity contribution in [3.8, 4) is 0 Å². The lowest BCUT2D eigenvalue weighted by atomic mass is 9.35. The number of hydrogen-bond acceptors (Lipinski definition) is 3. The molecule has 0 aromatic heterocycles. The standard InChI is InChI=1S/C30H50O3/c1-19(2)22(31)12-18-30(8,33)21-11-16-28(6)20(21)9-10-24-27(5)15-14-25(32)26(3,4)23(27)13-17-29(24,28)7/h20-24,31,33H,1,9-18H2,2-8H3/t20-,21+,22-,23+,24-,27+,28+,29-,30+/m1/s1. The van der Waals surface area contributed by atoms with Crippen molar-refractivity contribution in [1.29, 1.82) is 0 Å². The predicted molar refractivity (Wildman–Crippen MR) is 135 cm³/mol. The van der Waals surface area contributed by atoms with Gasteiger partial charge in [0.05, 0.1) is 11.7 Å². The number of aliphatic hydroxyl groups excluding tert-OH is 1. The summed E-state index contributed by atoms with van der Waals surface area (Å²) in [6.45, 7) is 19.9. The molecule has 0 amide bonds. The summed E-state index contributed by atoms with van der Waals surface area (Å²) in [5.41, 5.74) is 0.580. The average molecular weight is 459 g/mol. The maximum atomic E-state index is 12.9. The molecule has 4 aliphatic carbocycles. The summed E-state index contributed by atoms with van der Waals surface area (Å²) in [7, 11) is 0. The van der Waals surface area contributed by atoms with Gasteiger partial charge >= 0.3 is 0 Å². The Morgan fingerprint density at radius 2 is 1.67 bits per heavy atom. The average Bonchev–Trinajstić information content (AvgIpc) is 3.08. The van der Waals surface area contributed by atoms with Gasteiger partial charge in [0.1, 0.15) is 5.78 Å². The fraction of sp³-hybridized carbons (Fsp3) is 0.900. The van der Waals surface area contributed by atoms with Crippen LogP contribution in [0.2, 0.25) is 0 Å². The fourth-order valence-corrected chi connectivity index (χ4v) is 10.1. The van der Waals surface area contributed by atoms with Crippen LogP contribution in [0.1, 0.15) is 113 Å². The summed E-state index contributed by atoms with van der Waals surface area (Å²) in [5.74, 6) is 2.46. The number of carbonyl (C=O) groups is 1. The molecule has 0 aromatic carbocycles. The van der Waals surface area contributed by atoms with Crippen LogP contribution < -0.4 is 0 Å². The van der Waals surface area contributed by atoms with Gasteiger partial charge in [-0.05, 0) is 112 Å². The van der Waals surface area contributed by atoms with E-state index < -0.39 is 11.7 Å². The van der Waals surface area contributed by atoms with E-state index in [9.17, 15) is 15.0 Å². The summed E-state index contributed by atoms with van der Waals surface area (Å²) in [4.78, 5) is 12.9. The van der Waals surface area contributed by atoms with Crippen molar-refractivity contribution in [2.45, 2.75) is 124 Å². The maximum Gasteiger partial charge on any atom is 0.138 e. The minimum absolute atomic E-state index is 0.196. The molecule has 9 atom stereocenters. The molecule has 4 aliphatic rings. The molecule has 0 aromatic rings. The lowest BCUT2D eigenvalue weighted by molar-refractivity contribution is -0.207. The largest absolute Gasteiger partial charge is 0.390 e. The Kier molecular flexibility index (Phi) is 6.10. The molecule has 0 heterocycles. The van der Waals surface area contributed by atoms with E-state index in [1.54, 1.807) is 0 Å². The first-order chi connectivity index (χ1) is 15.1. The minimum Gasteiger partial charge on any atom is -0.390 e. The highest BCUT2D eigenvalue weighted by molar-refractivity contribution is 5.85. The molecular weight excluding hydrogens is 408 g/mol. The van der Waals surface area contributed by atoms with Crippen molar-refractivity contribution in [2.75, 3.05) is 0 Å². The number of carbonyl (C=O) groups excluding carboxylic acids is 1. The highest BCUT2D eigenvalue weighted by Gasteiger charge is 2.69. The van der Waals surface area contributed by atoms with Gasteiger partial charge < -0.3 is 10.2 Å². The van der Waals surface area contributed by atoms with Crippen molar-refractivity contribution in [3.05, 3.63) is 12.2 Å². The first kappa shape index (κ1) is 25.4. The van der Waals surface area contributed by atoms with E-state index in [1.807, 2.05) is 13.8 Å². The van der Waals surface area contributed by atoms with Gasteiger partial charge in [-0.15, -0.1) is 0 Å². The number of aliphatic hydroxyl groups is 2. The van der Waals surface area contributed by atoms with Crippen LogP contribution in [-0.4, -0.2) is 27.7 Å². The van der Waals surface area contributed by atoms with Gasteiger partial charge in [-0.3, -0.25) is 4.79 Å². The van der Waals surface area contributed by atoms with Crippen molar-refractivity contribution < 1.29 is 15.0 Å². The van der Waals surface area contributed by atoms with Crippen molar-refractivity contribution >= 4 is 5.78 Å². The SMILES string of the molecule is C=C(C)[C@H](O)CC[C@](C)(O)[C@H]1CC[C@@]2(C)[C@@H]1CC[C@@H]1[C@@]3(C)CCC(=O)C(C)(C)[C@@H]3CC[C@]12C. The fourth-order valence-electron chi connectivity index (χ4n) is 10.1. The topological polar surface area (TPSA) is 57.5 Å². The first-order valence-corrected chi connectivity index (χ1v) is 13.7. The second-order valence-electron chi connectivity index (χ2n) is 14.2. The van der Waals surface area contributed by atoms with Crippen molar-refractivity contribution in [2.24, 2.45) is 45.3 Å². The Balaban J connectivity index is 1.60. The van der Waals surface area contributed by atoms with Crippen LogP contribution in [0.25, 0.3) is 0 Å². The zero-order valence-corrected chi connectivity index (χ0v) is 22.5. The number of ketones is 1. The van der Waals surface area contributed by atoms with E-state index in [1.165, 1.54) is 25.7 Å². The van der Waals surface area contributed by atoms with Crippen LogP contribution in [0.15, 0.2) is 12.2 Å². The molecule has 0 bridgehead atoms. The predicted octanol–water partition coefficient (Wildman–Crippen LogP) is 6.71. The molecule has 0 unspecified atom stereocenters. The number of rotatable bonds is 5. The molecule has 4 rings (SSSR count). The zero-order chi connectivity index (χ0) is 24.6. The first-order valence-electron chi connectivity index (χ1n) is 13.7. The van der Waals surface area contributed by atoms with Gasteiger partial charge in [-0.1, -0.05) is 46.8 Å². The van der Waals surface area contributed by atoms with E-state index in [2.05, 4.69) is 41.2 Å². The molecule has 0 radical (unpaired) electrons. The van der Waals surface area contributed by atoms with E-state index >= 15 is 0 Å². The van der Waals surface area contributed by atoms with Crippen LogP contribution >= 0.6 is 0 Å². The van der Waals surface area contributed by atoms with Crippen molar-refractivity contribution in [3.63, 3.8) is 0 Å². The van der Waals surface area contributed by atoms with Gasteiger partial charge in [0, 0.05) is 11.8 Å². The number of fused-ring (bicyclic) bond motifs is 5. The Hall–Kier alpha value is -0.670. The smallest absolute Gasteiger partial charge is 0.138 e. The molecule has 33 heavy (non-hydrogen) atoms. The van der Waals surface area contributed by atoms with Gasteiger partial charge in [-0.2, -0.15) is 0 Å². The Bertz CT molecular complexity index is 811. The maximum absolute atomic E-state index is 12.9. The third-order valence-corrected chi connectivity index (χ3v) is 12.4. The molecular formula is C30H50O3. The second-order valence-corrected chi connectivity index (χ2v) is 14.2. The third-order valence-electron chi connectivity index (χ3n) is 12.4. The molecule has 3 nitrogen and oxygen atoms in total. The van der Waals surface area contributed by atoms with E-state index in [0.29, 0.717) is 42.3 Å². The molecule has 4 fully saturated rings. The molecule has 2 N–H and O–H groups in total. The van der Waals surface area contributed by atoms with Crippen molar-refractivity contribution in [1.82, 2.24) is 0 Å². The Morgan fingerprint density at radius 1 is 1.03 bits per heavy atom. The van der Waals surface area contributed by atoms with E-state index in [0.717, 1.165) is 31.3 Å². The quantitative estimate of drug-likeness (QED) is 0.450. The van der Waals surface area contributed by atoms with Gasteiger partial charge in [0.15, 0.2) is 0 Å². The molecule has 0 aliphatic heterocycles. The molecule has 0 saturated heterocycles. The van der Waals surface area contributed by atoms with Crippen LogP contribution in [0.5, 0.6) is 0 Å². The van der Waals surface area contributed by atoms with E-state index in [4.69, 9.17) is 0 Å². The summed E-state index contributed by atoms with van der Waals surface area (Å²) in [6, 6.07) is 0. The molecule has 0 spiro atoms. The molecule has 188 valence electrons. The summed E-state index contributed by atoms with van der Waals surface area (Å²) < 4.78 is 0. The minimum atomic E-state index is -0.748. The van der Waals surface area contributed by atoms with Crippen LogP contribution in [-0.2, 0) is 4.79 Å². The van der Waals surface area contributed by atoms with Crippen LogP contribution in [0.4, 0.5) is 0 Å². The highest BCUT2D eigenvalue weighted by Crippen LogP contribution is 2.75. The van der Waals surface area contributed by atoms with Gasteiger partial charge in [0.25, 0.3) is 0 Å². The molecule has 4 saturated carbocycles. The van der Waals surface area contributed by atoms with Crippen LogP contribution in [0, 0.1) is 45.3 Å². The van der Waals surface area contributed by atoms with Crippen LogP contribution in [0.3, 0.4) is 0 Å². The normalized spacial score (nSPS) is 47.1. The Labute approximate surface area is 202 Å². The lowest BCUT2D eigenvalue weighted by Crippen LogP contribution is -2.63. The summed E-state index contributed by atoms with van der Waals surface area (Å²) >= 11 is 0. The zero-order valence-electron chi connectivity index (χ0n) is 22.5. The van der Waals surface area contributed by atoms with Gasteiger partial charge in [0.2, 0.25) is 0 Å². The monoisotopic (exact) mass is 458 g/mol. The second kappa shape index (κ2) is 7.92. The molecule has 3 heteroatoms. The van der Waals surface area contributed by atoms with E-state index in [-0.39, 0.29) is 21.7 Å². The summed E-state index contributed by atoms with van der Waals surface area (Å²) in [5, 5.41) is 21.9. The number of Topliss-reactive ketones (excluding diaryl/α,β-unsaturated/α-hetero) is 1. The third kappa shape index (κ3) is 3.53. The Morgan fingerprint density at radius 3 is 2.30 bits per heavy atom.